The van der Waals surface area contributed by atoms with Crippen LogP contribution in [0.5, 0.6) is 0 Å². The number of carbonyl (C=O) groups excluding carboxylic acids is 1. The average molecular weight is 344 g/mol. The highest BCUT2D eigenvalue weighted by Gasteiger charge is 2.54. The van der Waals surface area contributed by atoms with Crippen LogP contribution in [-0.2, 0) is 9.47 Å². The molecule has 1 saturated heterocycles. The number of hydrogen-bond donors (Lipinski definition) is 1. The number of nitrogens with one attached hydrogen (secondary N) is 1. The van der Waals surface area contributed by atoms with Gasteiger partial charge >= 0.3 is 0 Å². The van der Waals surface area contributed by atoms with Gasteiger partial charge in [0.1, 0.15) is 5.82 Å². The Morgan fingerprint density at radius 2 is 2.28 bits per heavy atom. The minimum atomic E-state index is -0.377. The van der Waals surface area contributed by atoms with Gasteiger partial charge in [-0.2, -0.15) is 0 Å². The highest BCUT2D eigenvalue weighted by Crippen LogP contribution is 2.43. The number of amides is 1. The number of halogens is 1. The molecule has 5 nitrogen and oxygen atoms in total. The van der Waals surface area contributed by atoms with E-state index in [0.717, 1.165) is 18.7 Å². The summed E-state index contributed by atoms with van der Waals surface area (Å²) in [6.45, 7) is 3.11. The van der Waals surface area contributed by atoms with E-state index in [1.54, 1.807) is 19.2 Å². The van der Waals surface area contributed by atoms with Crippen LogP contribution in [0.4, 0.5) is 4.39 Å². The van der Waals surface area contributed by atoms with E-state index >= 15 is 0 Å². The standard InChI is InChI=1S/C19H21FN2O3/c1-10-7-14(13-8-11(20)3-4-16(13)21-10)19(23)22-17-12-5-6-25-18(12)15(17)9-24-2/h3-4,7-8,12,15,17-18H,5-6,9H2,1-2H3,(H,22,23)/t12-,15-,17-,18-/m1/s1. The number of nitrogens with zero attached hydrogens (tertiary/aromatic N) is 1. The maximum Gasteiger partial charge on any atom is 0.252 e. The van der Waals surface area contributed by atoms with Gasteiger partial charge in [-0.1, -0.05) is 0 Å². The van der Waals surface area contributed by atoms with Gasteiger partial charge in [0.25, 0.3) is 5.91 Å². The van der Waals surface area contributed by atoms with Crippen molar-refractivity contribution in [1.82, 2.24) is 10.3 Å². The Morgan fingerprint density at radius 1 is 1.44 bits per heavy atom. The second-order valence-corrected chi connectivity index (χ2v) is 6.88. The lowest BCUT2D eigenvalue weighted by molar-refractivity contribution is -0.0809. The van der Waals surface area contributed by atoms with Crippen LogP contribution in [-0.4, -0.2) is 43.4 Å². The summed E-state index contributed by atoms with van der Waals surface area (Å²) in [4.78, 5) is 17.3. The molecule has 0 unspecified atom stereocenters. The summed E-state index contributed by atoms with van der Waals surface area (Å²) in [5.74, 6) is -0.0858. The molecule has 0 bridgehead atoms. The van der Waals surface area contributed by atoms with Crippen LogP contribution in [0.1, 0.15) is 22.5 Å². The smallest absolute Gasteiger partial charge is 0.252 e. The molecule has 4 atom stereocenters. The minimum Gasteiger partial charge on any atom is -0.384 e. The Labute approximate surface area is 145 Å². The number of methoxy groups -OCH3 is 1. The van der Waals surface area contributed by atoms with Crippen molar-refractivity contribution in [3.8, 4) is 0 Å². The SMILES string of the molecule is COC[C@@H]1[C@H](NC(=O)c2cc(C)nc3ccc(F)cc23)[C@H]2CCO[C@H]21. The van der Waals surface area contributed by atoms with Gasteiger partial charge in [-0.15, -0.1) is 0 Å². The Hall–Kier alpha value is -2.05. The van der Waals surface area contributed by atoms with Gasteiger partial charge in [0.05, 0.1) is 23.8 Å². The zero-order chi connectivity index (χ0) is 17.6. The number of pyridine rings is 1. The Balaban J connectivity index is 1.63. The van der Waals surface area contributed by atoms with Gasteiger partial charge < -0.3 is 14.8 Å². The molecule has 1 aromatic heterocycles. The number of aryl methyl sites for hydroxylation is 1. The molecule has 1 saturated carbocycles. The van der Waals surface area contributed by atoms with Crippen molar-refractivity contribution in [3.05, 3.63) is 41.3 Å². The number of fused-ring (bicyclic) bond motifs is 2. The molecule has 2 aliphatic rings. The lowest BCUT2D eigenvalue weighted by Gasteiger charge is -2.47. The van der Waals surface area contributed by atoms with Gasteiger partial charge in [0.15, 0.2) is 0 Å². The van der Waals surface area contributed by atoms with E-state index in [0.29, 0.717) is 29.0 Å². The van der Waals surface area contributed by atoms with Crippen LogP contribution in [0, 0.1) is 24.6 Å². The van der Waals surface area contributed by atoms with Gasteiger partial charge in [-0.3, -0.25) is 9.78 Å². The molecule has 0 radical (unpaired) electrons. The molecule has 6 heteroatoms. The van der Waals surface area contributed by atoms with Crippen molar-refractivity contribution in [2.45, 2.75) is 25.5 Å². The number of hydrogen-bond acceptors (Lipinski definition) is 4. The molecule has 0 spiro atoms. The van der Waals surface area contributed by atoms with E-state index in [4.69, 9.17) is 9.47 Å². The number of rotatable bonds is 4. The Kier molecular flexibility index (Phi) is 4.17. The monoisotopic (exact) mass is 344 g/mol. The van der Waals surface area contributed by atoms with E-state index in [9.17, 15) is 9.18 Å². The normalized spacial score (nSPS) is 27.8. The topological polar surface area (TPSA) is 60.5 Å². The molecule has 1 aromatic carbocycles. The van der Waals surface area contributed by atoms with Crippen LogP contribution in [0.3, 0.4) is 0 Å². The van der Waals surface area contributed by atoms with Crippen LogP contribution < -0.4 is 5.32 Å². The second-order valence-electron chi connectivity index (χ2n) is 6.88. The van der Waals surface area contributed by atoms with Crippen LogP contribution in [0.25, 0.3) is 10.9 Å². The van der Waals surface area contributed by atoms with Crippen molar-refractivity contribution in [2.75, 3.05) is 20.3 Å². The van der Waals surface area contributed by atoms with Crippen LogP contribution >= 0.6 is 0 Å². The second kappa shape index (κ2) is 6.35. The zero-order valence-electron chi connectivity index (χ0n) is 14.3. The first-order chi connectivity index (χ1) is 12.1. The summed E-state index contributed by atoms with van der Waals surface area (Å²) in [7, 11) is 1.66. The number of ether oxygens (including phenoxy) is 2. The predicted molar refractivity (Wildman–Crippen MR) is 90.9 cm³/mol. The Bertz CT molecular complexity index is 826. The maximum absolute atomic E-state index is 13.7. The third-order valence-corrected chi connectivity index (χ3v) is 5.33. The zero-order valence-corrected chi connectivity index (χ0v) is 14.3. The van der Waals surface area contributed by atoms with Crippen molar-refractivity contribution in [3.63, 3.8) is 0 Å². The fraction of sp³-hybridized carbons (Fsp3) is 0.474. The molecule has 25 heavy (non-hydrogen) atoms. The molecule has 1 N–H and O–H groups in total. The van der Waals surface area contributed by atoms with Crippen molar-refractivity contribution in [2.24, 2.45) is 11.8 Å². The number of aromatic nitrogens is 1. The molecule has 4 rings (SSSR count). The van der Waals surface area contributed by atoms with E-state index in [1.807, 2.05) is 6.92 Å². The highest BCUT2D eigenvalue weighted by atomic mass is 19.1. The third kappa shape index (κ3) is 2.79. The van der Waals surface area contributed by atoms with E-state index in [-0.39, 0.29) is 29.8 Å². The van der Waals surface area contributed by atoms with E-state index in [2.05, 4.69) is 10.3 Å². The largest absolute Gasteiger partial charge is 0.384 e. The fourth-order valence-corrected chi connectivity index (χ4v) is 4.18. The van der Waals surface area contributed by atoms with Gasteiger partial charge in [0.2, 0.25) is 0 Å². The molecular formula is C19H21FN2O3. The molecular weight excluding hydrogens is 323 g/mol. The fourth-order valence-electron chi connectivity index (χ4n) is 4.18. The summed E-state index contributed by atoms with van der Waals surface area (Å²) in [6.07, 6.45) is 1.11. The van der Waals surface area contributed by atoms with Crippen molar-refractivity contribution < 1.29 is 18.7 Å². The number of carbonyl (C=O) groups is 1. The summed E-state index contributed by atoms with van der Waals surface area (Å²) < 4.78 is 24.7. The Morgan fingerprint density at radius 3 is 3.08 bits per heavy atom. The molecule has 2 heterocycles. The first-order valence-corrected chi connectivity index (χ1v) is 8.57. The summed E-state index contributed by atoms with van der Waals surface area (Å²) in [5.41, 5.74) is 1.81. The quantitative estimate of drug-likeness (QED) is 0.926. The van der Waals surface area contributed by atoms with Gasteiger partial charge in [0, 0.05) is 42.7 Å². The molecule has 1 aliphatic heterocycles. The lowest BCUT2D eigenvalue weighted by atomic mass is 9.67. The highest BCUT2D eigenvalue weighted by molar-refractivity contribution is 6.06. The van der Waals surface area contributed by atoms with Crippen molar-refractivity contribution in [1.29, 1.82) is 0 Å². The van der Waals surface area contributed by atoms with E-state index < -0.39 is 0 Å². The average Bonchev–Trinajstić information content (AvgIpc) is 3.01. The predicted octanol–water partition coefficient (Wildman–Crippen LogP) is 2.46. The summed E-state index contributed by atoms with van der Waals surface area (Å²) in [5, 5.41) is 3.66. The maximum atomic E-state index is 13.7. The van der Waals surface area contributed by atoms with E-state index in [1.165, 1.54) is 12.1 Å². The summed E-state index contributed by atoms with van der Waals surface area (Å²) >= 11 is 0. The van der Waals surface area contributed by atoms with Crippen molar-refractivity contribution >= 4 is 16.8 Å². The lowest BCUT2D eigenvalue weighted by Crippen LogP contribution is -2.62. The minimum absolute atomic E-state index is 0.0250. The molecule has 2 aromatic rings. The van der Waals surface area contributed by atoms with Crippen LogP contribution in [0.15, 0.2) is 24.3 Å². The molecule has 132 valence electrons. The van der Waals surface area contributed by atoms with Gasteiger partial charge in [-0.05, 0) is 37.6 Å². The molecule has 2 fully saturated rings. The molecule has 1 amide bonds. The first kappa shape index (κ1) is 16.4. The third-order valence-electron chi connectivity index (χ3n) is 5.33. The van der Waals surface area contributed by atoms with Crippen LogP contribution in [0.2, 0.25) is 0 Å². The van der Waals surface area contributed by atoms with Gasteiger partial charge in [-0.25, -0.2) is 4.39 Å². The summed E-state index contributed by atoms with van der Waals surface area (Å²) in [6, 6.07) is 6.07. The molecule has 1 aliphatic carbocycles. The first-order valence-electron chi connectivity index (χ1n) is 8.57. The number of benzene rings is 1.